The number of nitrogens with two attached hydrogens (primary N) is 1. The van der Waals surface area contributed by atoms with Crippen LogP contribution in [0.3, 0.4) is 0 Å². The van der Waals surface area contributed by atoms with E-state index in [0.29, 0.717) is 13.2 Å². The van der Waals surface area contributed by atoms with Crippen LogP contribution in [0.1, 0.15) is 31.0 Å². The minimum atomic E-state index is -0.224. The van der Waals surface area contributed by atoms with Gasteiger partial charge in [-0.3, -0.25) is 4.68 Å². The first-order valence-electron chi connectivity index (χ1n) is 6.79. The maximum absolute atomic E-state index is 6.27. The van der Waals surface area contributed by atoms with Gasteiger partial charge in [-0.15, -0.1) is 0 Å². The number of aromatic nitrogens is 2. The molecule has 1 unspecified atom stereocenters. The Morgan fingerprint density at radius 2 is 1.85 bits per heavy atom. The lowest BCUT2D eigenvalue weighted by Gasteiger charge is -2.15. The molecule has 1 atom stereocenters. The number of benzene rings is 1. The Balaban J connectivity index is 2.29. The van der Waals surface area contributed by atoms with Gasteiger partial charge in [0.25, 0.3) is 0 Å². The molecule has 2 aromatic rings. The molecule has 0 amide bonds. The molecule has 0 spiro atoms. The topological polar surface area (TPSA) is 62.3 Å². The summed E-state index contributed by atoms with van der Waals surface area (Å²) < 4.78 is 12.9. The van der Waals surface area contributed by atoms with E-state index in [1.165, 1.54) is 0 Å². The molecule has 1 heterocycles. The number of hydrogen-bond acceptors (Lipinski definition) is 4. The van der Waals surface area contributed by atoms with Gasteiger partial charge in [-0.05, 0) is 31.5 Å². The summed E-state index contributed by atoms with van der Waals surface area (Å²) >= 11 is 0. The van der Waals surface area contributed by atoms with Crippen molar-refractivity contribution < 1.29 is 9.47 Å². The molecule has 0 aliphatic carbocycles. The van der Waals surface area contributed by atoms with E-state index in [4.69, 9.17) is 15.2 Å². The maximum atomic E-state index is 6.27. The molecule has 0 radical (unpaired) electrons. The average molecular weight is 275 g/mol. The van der Waals surface area contributed by atoms with Gasteiger partial charge in [0, 0.05) is 18.8 Å². The number of rotatable bonds is 6. The highest BCUT2D eigenvalue weighted by Crippen LogP contribution is 2.31. The third-order valence-corrected chi connectivity index (χ3v) is 3.01. The van der Waals surface area contributed by atoms with Crippen LogP contribution in [0.15, 0.2) is 30.6 Å². The largest absolute Gasteiger partial charge is 0.490 e. The predicted molar refractivity (Wildman–Crippen MR) is 78.0 cm³/mol. The van der Waals surface area contributed by atoms with E-state index in [1.807, 2.05) is 45.3 Å². The molecule has 0 saturated carbocycles. The second-order valence-corrected chi connectivity index (χ2v) is 4.50. The maximum Gasteiger partial charge on any atom is 0.161 e. The zero-order valence-electron chi connectivity index (χ0n) is 12.2. The molecule has 5 nitrogen and oxygen atoms in total. The molecular formula is C15H21N3O2. The quantitative estimate of drug-likeness (QED) is 0.878. The molecule has 0 saturated heterocycles. The summed E-state index contributed by atoms with van der Waals surface area (Å²) in [6, 6.07) is 5.58. The lowest BCUT2D eigenvalue weighted by atomic mass is 10.0. The standard InChI is InChI=1S/C15H21N3O2/c1-4-19-13-7-6-11(8-14(13)20-5-2)15(16)12-9-17-18(3)10-12/h6-10,15H,4-5,16H2,1-3H3. The Morgan fingerprint density at radius 3 is 2.45 bits per heavy atom. The first-order chi connectivity index (χ1) is 9.65. The SMILES string of the molecule is CCOc1ccc(C(N)c2cnn(C)c2)cc1OCC. The van der Waals surface area contributed by atoms with Crippen molar-refractivity contribution in [3.05, 3.63) is 41.7 Å². The fraction of sp³-hybridized carbons (Fsp3) is 0.400. The summed E-state index contributed by atoms with van der Waals surface area (Å²) in [5.74, 6) is 1.47. The summed E-state index contributed by atoms with van der Waals surface area (Å²) in [7, 11) is 1.88. The first-order valence-corrected chi connectivity index (χ1v) is 6.79. The summed E-state index contributed by atoms with van der Waals surface area (Å²) in [5.41, 5.74) is 8.22. The predicted octanol–water partition coefficient (Wildman–Crippen LogP) is 2.27. The number of hydrogen-bond donors (Lipinski definition) is 1. The van der Waals surface area contributed by atoms with Crippen LogP contribution < -0.4 is 15.2 Å². The smallest absolute Gasteiger partial charge is 0.161 e. The molecule has 2 N–H and O–H groups in total. The van der Waals surface area contributed by atoms with Crippen molar-refractivity contribution in [1.82, 2.24) is 9.78 Å². The fourth-order valence-electron chi connectivity index (χ4n) is 2.05. The lowest BCUT2D eigenvalue weighted by molar-refractivity contribution is 0.287. The van der Waals surface area contributed by atoms with E-state index in [1.54, 1.807) is 10.9 Å². The molecule has 1 aromatic carbocycles. The summed E-state index contributed by atoms with van der Waals surface area (Å²) in [5, 5.41) is 4.15. The number of ether oxygens (including phenoxy) is 2. The van der Waals surface area contributed by atoms with Gasteiger partial charge in [-0.25, -0.2) is 0 Å². The van der Waals surface area contributed by atoms with Crippen LogP contribution in [0.2, 0.25) is 0 Å². The van der Waals surface area contributed by atoms with Crippen LogP contribution in [-0.2, 0) is 7.05 Å². The van der Waals surface area contributed by atoms with Crippen LogP contribution in [0.25, 0.3) is 0 Å². The van der Waals surface area contributed by atoms with E-state index in [-0.39, 0.29) is 6.04 Å². The molecule has 2 rings (SSSR count). The Labute approximate surface area is 119 Å². The average Bonchev–Trinajstić information content (AvgIpc) is 2.87. The van der Waals surface area contributed by atoms with E-state index < -0.39 is 0 Å². The Hall–Kier alpha value is -2.01. The molecule has 0 aliphatic rings. The molecule has 5 heteroatoms. The van der Waals surface area contributed by atoms with Gasteiger partial charge in [0.2, 0.25) is 0 Å². The van der Waals surface area contributed by atoms with E-state index in [9.17, 15) is 0 Å². The van der Waals surface area contributed by atoms with Crippen molar-refractivity contribution in [3.8, 4) is 11.5 Å². The van der Waals surface area contributed by atoms with Gasteiger partial charge in [-0.1, -0.05) is 6.07 Å². The minimum Gasteiger partial charge on any atom is -0.490 e. The van der Waals surface area contributed by atoms with Gasteiger partial charge in [0.1, 0.15) is 0 Å². The van der Waals surface area contributed by atoms with Gasteiger partial charge in [-0.2, -0.15) is 5.10 Å². The number of aryl methyl sites for hydroxylation is 1. The molecule has 108 valence electrons. The van der Waals surface area contributed by atoms with Crippen LogP contribution in [-0.4, -0.2) is 23.0 Å². The second kappa shape index (κ2) is 6.43. The molecular weight excluding hydrogens is 254 g/mol. The summed E-state index contributed by atoms with van der Waals surface area (Å²) in [6.45, 7) is 5.09. The summed E-state index contributed by atoms with van der Waals surface area (Å²) in [6.07, 6.45) is 3.70. The third kappa shape index (κ3) is 3.11. The van der Waals surface area contributed by atoms with E-state index in [0.717, 1.165) is 22.6 Å². The van der Waals surface area contributed by atoms with Crippen molar-refractivity contribution in [2.45, 2.75) is 19.9 Å². The van der Waals surface area contributed by atoms with E-state index >= 15 is 0 Å². The van der Waals surface area contributed by atoms with Crippen molar-refractivity contribution in [1.29, 1.82) is 0 Å². The monoisotopic (exact) mass is 275 g/mol. The van der Waals surface area contributed by atoms with Crippen molar-refractivity contribution >= 4 is 0 Å². The van der Waals surface area contributed by atoms with Crippen LogP contribution in [0, 0.1) is 0 Å². The Morgan fingerprint density at radius 1 is 1.15 bits per heavy atom. The van der Waals surface area contributed by atoms with Gasteiger partial charge >= 0.3 is 0 Å². The van der Waals surface area contributed by atoms with Crippen LogP contribution in [0.4, 0.5) is 0 Å². The number of nitrogens with zero attached hydrogens (tertiary/aromatic N) is 2. The molecule has 1 aromatic heterocycles. The lowest BCUT2D eigenvalue weighted by Crippen LogP contribution is -2.11. The second-order valence-electron chi connectivity index (χ2n) is 4.50. The Bertz CT molecular complexity index is 566. The zero-order chi connectivity index (χ0) is 14.5. The highest BCUT2D eigenvalue weighted by molar-refractivity contribution is 5.45. The molecule has 0 bridgehead atoms. The molecule has 20 heavy (non-hydrogen) atoms. The van der Waals surface area contributed by atoms with Gasteiger partial charge in [0.15, 0.2) is 11.5 Å². The van der Waals surface area contributed by atoms with E-state index in [2.05, 4.69) is 5.10 Å². The highest BCUT2D eigenvalue weighted by Gasteiger charge is 2.14. The summed E-state index contributed by atoms with van der Waals surface area (Å²) in [4.78, 5) is 0. The van der Waals surface area contributed by atoms with Crippen LogP contribution in [0.5, 0.6) is 11.5 Å². The highest BCUT2D eigenvalue weighted by atomic mass is 16.5. The third-order valence-electron chi connectivity index (χ3n) is 3.01. The van der Waals surface area contributed by atoms with Crippen LogP contribution >= 0.6 is 0 Å². The normalized spacial score (nSPS) is 12.2. The van der Waals surface area contributed by atoms with Crippen molar-refractivity contribution in [2.75, 3.05) is 13.2 Å². The minimum absolute atomic E-state index is 0.224. The fourth-order valence-corrected chi connectivity index (χ4v) is 2.05. The molecule has 0 fully saturated rings. The van der Waals surface area contributed by atoms with Crippen molar-refractivity contribution in [2.24, 2.45) is 12.8 Å². The first kappa shape index (κ1) is 14.4. The van der Waals surface area contributed by atoms with Gasteiger partial charge in [0.05, 0.1) is 25.5 Å². The Kier molecular flexibility index (Phi) is 4.63. The van der Waals surface area contributed by atoms with Gasteiger partial charge < -0.3 is 15.2 Å². The van der Waals surface area contributed by atoms with Crippen molar-refractivity contribution in [3.63, 3.8) is 0 Å². The molecule has 0 aliphatic heterocycles. The zero-order valence-corrected chi connectivity index (χ0v) is 12.2.